The topological polar surface area (TPSA) is 101 Å². The Morgan fingerprint density at radius 1 is 0.783 bits per heavy atom. The number of aromatic hydroxyl groups is 3. The Labute approximate surface area is 132 Å². The molecule has 5 heteroatoms. The molecule has 23 heavy (non-hydrogen) atoms. The zero-order chi connectivity index (χ0) is 16.6. The predicted octanol–water partition coefficient (Wildman–Crippen LogP) is 3.45. The van der Waals surface area contributed by atoms with Gasteiger partial charge in [-0.05, 0) is 17.7 Å². The highest BCUT2D eigenvalue weighted by Gasteiger charge is 2.33. The van der Waals surface area contributed by atoms with Crippen molar-refractivity contribution in [2.45, 2.75) is 5.92 Å². The van der Waals surface area contributed by atoms with E-state index < -0.39 is 29.1 Å². The molecule has 2 aromatic rings. The molecule has 0 bridgehead atoms. The molecule has 2 atom stereocenters. The standard InChI is InChI=1S/C18H16O5/c19-13-8-6-11(16(13)21)15(10-4-2-1-3-5-10)12-7-9-14(20)18(23)17(12)22/h1-9,11,15,19-23H. The quantitative estimate of drug-likeness (QED) is 0.559. The van der Waals surface area contributed by atoms with E-state index in [4.69, 9.17) is 0 Å². The van der Waals surface area contributed by atoms with Gasteiger partial charge in [0, 0.05) is 17.4 Å². The number of benzene rings is 2. The first kappa shape index (κ1) is 14.8. The molecular weight excluding hydrogens is 296 g/mol. The van der Waals surface area contributed by atoms with Gasteiger partial charge in [-0.1, -0.05) is 42.5 Å². The van der Waals surface area contributed by atoms with Crippen LogP contribution < -0.4 is 0 Å². The van der Waals surface area contributed by atoms with Crippen molar-refractivity contribution < 1.29 is 25.5 Å². The van der Waals surface area contributed by atoms with Gasteiger partial charge in [-0.15, -0.1) is 0 Å². The third-order valence-electron chi connectivity index (χ3n) is 4.05. The Bertz CT molecular complexity index is 793. The molecule has 1 aliphatic rings. The van der Waals surface area contributed by atoms with Crippen LogP contribution in [0.3, 0.4) is 0 Å². The summed E-state index contributed by atoms with van der Waals surface area (Å²) in [7, 11) is 0. The summed E-state index contributed by atoms with van der Waals surface area (Å²) < 4.78 is 0. The normalized spacial score (nSPS) is 18.3. The van der Waals surface area contributed by atoms with E-state index in [1.165, 1.54) is 18.2 Å². The van der Waals surface area contributed by atoms with Crippen LogP contribution in [0.15, 0.2) is 66.1 Å². The third kappa shape index (κ3) is 2.46. The van der Waals surface area contributed by atoms with E-state index in [1.54, 1.807) is 6.08 Å². The molecule has 0 aromatic heterocycles. The fraction of sp³-hybridized carbons (Fsp3) is 0.111. The molecule has 1 aliphatic carbocycles. The van der Waals surface area contributed by atoms with Gasteiger partial charge < -0.3 is 25.5 Å². The van der Waals surface area contributed by atoms with Crippen LogP contribution in [0.25, 0.3) is 0 Å². The number of allylic oxidation sites excluding steroid dienone is 2. The van der Waals surface area contributed by atoms with Crippen LogP contribution in [-0.4, -0.2) is 25.5 Å². The van der Waals surface area contributed by atoms with Crippen molar-refractivity contribution in [2.75, 3.05) is 0 Å². The Kier molecular flexibility index (Phi) is 3.62. The summed E-state index contributed by atoms with van der Waals surface area (Å²) in [6.07, 6.45) is 3.03. The van der Waals surface area contributed by atoms with Gasteiger partial charge in [0.05, 0.1) is 0 Å². The van der Waals surface area contributed by atoms with Crippen molar-refractivity contribution in [2.24, 2.45) is 5.92 Å². The molecule has 3 rings (SSSR count). The maximum Gasteiger partial charge on any atom is 0.200 e. The van der Waals surface area contributed by atoms with Gasteiger partial charge in [-0.2, -0.15) is 0 Å². The lowest BCUT2D eigenvalue weighted by Gasteiger charge is -2.25. The number of phenols is 3. The maximum atomic E-state index is 10.2. The monoisotopic (exact) mass is 312 g/mol. The van der Waals surface area contributed by atoms with Gasteiger partial charge in [0.2, 0.25) is 5.75 Å². The second-order valence-electron chi connectivity index (χ2n) is 5.41. The summed E-state index contributed by atoms with van der Waals surface area (Å²) >= 11 is 0. The third-order valence-corrected chi connectivity index (χ3v) is 4.05. The Morgan fingerprint density at radius 2 is 1.48 bits per heavy atom. The number of rotatable bonds is 3. The van der Waals surface area contributed by atoms with Crippen LogP contribution in [0.5, 0.6) is 17.2 Å². The molecule has 0 radical (unpaired) electrons. The zero-order valence-electron chi connectivity index (χ0n) is 12.1. The minimum absolute atomic E-state index is 0.203. The van der Waals surface area contributed by atoms with Crippen LogP contribution >= 0.6 is 0 Å². The first-order valence-corrected chi connectivity index (χ1v) is 7.09. The van der Waals surface area contributed by atoms with E-state index in [0.717, 1.165) is 5.56 Å². The lowest BCUT2D eigenvalue weighted by atomic mass is 9.80. The van der Waals surface area contributed by atoms with Crippen molar-refractivity contribution in [3.8, 4) is 17.2 Å². The SMILES string of the molecule is OC1=C(O)C(C(c2ccccc2)c2ccc(O)c(O)c2O)C=C1. The molecule has 2 aromatic carbocycles. The van der Waals surface area contributed by atoms with Crippen LogP contribution in [0, 0.1) is 5.92 Å². The van der Waals surface area contributed by atoms with E-state index in [2.05, 4.69) is 0 Å². The van der Waals surface area contributed by atoms with E-state index in [1.807, 2.05) is 30.3 Å². The molecular formula is C18H16O5. The summed E-state index contributed by atoms with van der Waals surface area (Å²) in [5.41, 5.74) is 1.12. The molecule has 0 saturated carbocycles. The Hall–Kier alpha value is -3.08. The van der Waals surface area contributed by atoms with E-state index >= 15 is 0 Å². The van der Waals surface area contributed by atoms with Gasteiger partial charge in [0.15, 0.2) is 17.3 Å². The van der Waals surface area contributed by atoms with E-state index in [9.17, 15) is 25.5 Å². The van der Waals surface area contributed by atoms with Crippen LogP contribution in [0.2, 0.25) is 0 Å². The molecule has 118 valence electrons. The van der Waals surface area contributed by atoms with Gasteiger partial charge >= 0.3 is 0 Å². The fourth-order valence-electron chi connectivity index (χ4n) is 2.89. The Balaban J connectivity index is 2.18. The number of phenolic OH excluding ortho intramolecular Hbond substituents is 3. The maximum absolute atomic E-state index is 10.2. The van der Waals surface area contributed by atoms with Crippen molar-refractivity contribution >= 4 is 0 Å². The second kappa shape index (κ2) is 5.61. The van der Waals surface area contributed by atoms with Crippen molar-refractivity contribution in [1.29, 1.82) is 0 Å². The number of aliphatic hydroxyl groups excluding tert-OH is 2. The van der Waals surface area contributed by atoms with Crippen LogP contribution in [-0.2, 0) is 0 Å². The van der Waals surface area contributed by atoms with Gasteiger partial charge in [0.1, 0.15) is 5.76 Å². The highest BCUT2D eigenvalue weighted by molar-refractivity contribution is 5.57. The van der Waals surface area contributed by atoms with Crippen molar-refractivity contribution in [1.82, 2.24) is 0 Å². The summed E-state index contributed by atoms with van der Waals surface area (Å²) in [4.78, 5) is 0. The van der Waals surface area contributed by atoms with E-state index in [0.29, 0.717) is 5.56 Å². The molecule has 0 heterocycles. The minimum Gasteiger partial charge on any atom is -0.508 e. The molecule has 0 amide bonds. The predicted molar refractivity (Wildman–Crippen MR) is 84.6 cm³/mol. The van der Waals surface area contributed by atoms with Crippen molar-refractivity contribution in [3.63, 3.8) is 0 Å². The average Bonchev–Trinajstić information content (AvgIpc) is 2.89. The molecule has 0 fully saturated rings. The summed E-state index contributed by atoms with van der Waals surface area (Å²) in [6.45, 7) is 0. The zero-order valence-corrected chi connectivity index (χ0v) is 12.1. The molecule has 5 nitrogen and oxygen atoms in total. The highest BCUT2D eigenvalue weighted by Crippen LogP contribution is 2.47. The summed E-state index contributed by atoms with van der Waals surface area (Å²) in [5.74, 6) is -3.05. The lowest BCUT2D eigenvalue weighted by molar-refractivity contribution is 0.300. The van der Waals surface area contributed by atoms with Gasteiger partial charge in [0.25, 0.3) is 0 Å². The molecule has 2 unspecified atom stereocenters. The molecule has 5 N–H and O–H groups in total. The average molecular weight is 312 g/mol. The number of hydrogen-bond donors (Lipinski definition) is 5. The lowest BCUT2D eigenvalue weighted by Crippen LogP contribution is -2.14. The van der Waals surface area contributed by atoms with Crippen LogP contribution in [0.1, 0.15) is 17.0 Å². The number of hydrogen-bond acceptors (Lipinski definition) is 5. The van der Waals surface area contributed by atoms with E-state index in [-0.39, 0.29) is 11.5 Å². The molecule has 0 spiro atoms. The molecule has 0 saturated heterocycles. The Morgan fingerprint density at radius 3 is 2.09 bits per heavy atom. The van der Waals surface area contributed by atoms with Crippen molar-refractivity contribution in [3.05, 3.63) is 77.3 Å². The van der Waals surface area contributed by atoms with Crippen LogP contribution in [0.4, 0.5) is 0 Å². The summed E-state index contributed by atoms with van der Waals surface area (Å²) in [6, 6.07) is 11.9. The largest absolute Gasteiger partial charge is 0.508 e. The first-order chi connectivity index (χ1) is 11.0. The van der Waals surface area contributed by atoms with Gasteiger partial charge in [-0.3, -0.25) is 0 Å². The molecule has 0 aliphatic heterocycles. The highest BCUT2D eigenvalue weighted by atomic mass is 16.3. The number of aliphatic hydroxyl groups is 2. The summed E-state index contributed by atoms with van der Waals surface area (Å²) in [5, 5.41) is 49.4. The smallest absolute Gasteiger partial charge is 0.200 e. The minimum atomic E-state index is -0.613. The first-order valence-electron chi connectivity index (χ1n) is 7.09. The second-order valence-corrected chi connectivity index (χ2v) is 5.41. The fourth-order valence-corrected chi connectivity index (χ4v) is 2.89. The van der Waals surface area contributed by atoms with Gasteiger partial charge in [-0.25, -0.2) is 0 Å².